The molecule has 62 valence electrons. The van der Waals surface area contributed by atoms with E-state index < -0.39 is 0 Å². The number of thiol groups is 1. The standard InChI is InChI=1S/C3H13N5S2/c1-2(10-9)3(4)6-8-7-5/h2-3,6-9H,4-5H2,1H3. The minimum Gasteiger partial charge on any atom is -0.314 e. The van der Waals surface area contributed by atoms with E-state index in [0.717, 1.165) is 0 Å². The zero-order valence-corrected chi connectivity index (χ0v) is 7.38. The van der Waals surface area contributed by atoms with Crippen molar-refractivity contribution in [3.63, 3.8) is 0 Å². The van der Waals surface area contributed by atoms with E-state index in [9.17, 15) is 0 Å². The van der Waals surface area contributed by atoms with E-state index in [0.29, 0.717) is 0 Å². The maximum absolute atomic E-state index is 5.57. The summed E-state index contributed by atoms with van der Waals surface area (Å²) in [6, 6.07) is 0. The van der Waals surface area contributed by atoms with Crippen LogP contribution in [0.2, 0.25) is 0 Å². The van der Waals surface area contributed by atoms with Gasteiger partial charge in [-0.1, -0.05) is 10.8 Å². The van der Waals surface area contributed by atoms with Crippen molar-refractivity contribution in [1.29, 1.82) is 0 Å². The third-order valence-corrected chi connectivity index (χ3v) is 2.61. The predicted molar refractivity (Wildman–Crippen MR) is 47.6 cm³/mol. The van der Waals surface area contributed by atoms with E-state index in [-0.39, 0.29) is 11.4 Å². The second-order valence-electron chi connectivity index (χ2n) is 1.75. The summed E-state index contributed by atoms with van der Waals surface area (Å²) in [6.45, 7) is 1.95. The van der Waals surface area contributed by atoms with Gasteiger partial charge in [0.1, 0.15) is 0 Å². The van der Waals surface area contributed by atoms with Crippen LogP contribution in [-0.2, 0) is 0 Å². The lowest BCUT2D eigenvalue weighted by Gasteiger charge is -2.18. The fourth-order valence-electron chi connectivity index (χ4n) is 0.308. The van der Waals surface area contributed by atoms with Crippen molar-refractivity contribution >= 4 is 22.5 Å². The van der Waals surface area contributed by atoms with E-state index in [4.69, 9.17) is 11.6 Å². The summed E-state index contributed by atoms with van der Waals surface area (Å²) in [5.74, 6) is 4.91. The minimum absolute atomic E-state index is 0.182. The van der Waals surface area contributed by atoms with Crippen molar-refractivity contribution in [2.45, 2.75) is 18.3 Å². The maximum atomic E-state index is 5.57. The Morgan fingerprint density at radius 2 is 2.20 bits per heavy atom. The lowest BCUT2D eigenvalue weighted by Crippen LogP contribution is -2.57. The van der Waals surface area contributed by atoms with E-state index in [2.05, 4.69) is 28.2 Å². The molecule has 0 radical (unpaired) electrons. The van der Waals surface area contributed by atoms with Gasteiger partial charge in [0, 0.05) is 5.25 Å². The molecule has 0 heterocycles. The Bertz CT molecular complexity index is 81.3. The first-order chi connectivity index (χ1) is 4.72. The molecule has 0 aliphatic heterocycles. The number of rotatable bonds is 5. The molecule has 0 aliphatic carbocycles. The number of nitrogens with one attached hydrogen (secondary N) is 3. The summed E-state index contributed by atoms with van der Waals surface area (Å²) < 4.78 is 0. The Hall–Kier alpha value is 0.500. The normalized spacial score (nSPS) is 16.8. The molecule has 0 fully saturated rings. The van der Waals surface area contributed by atoms with Crippen LogP contribution < -0.4 is 28.1 Å². The Balaban J connectivity index is 3.31. The van der Waals surface area contributed by atoms with Gasteiger partial charge in [-0.3, -0.25) is 5.84 Å². The summed E-state index contributed by atoms with van der Waals surface area (Å²) in [5.41, 5.74) is 13.0. The molecule has 10 heavy (non-hydrogen) atoms. The Morgan fingerprint density at radius 1 is 1.60 bits per heavy atom. The monoisotopic (exact) mass is 183 g/mol. The molecule has 7 heteroatoms. The lowest BCUT2D eigenvalue weighted by molar-refractivity contribution is 0.378. The van der Waals surface area contributed by atoms with Gasteiger partial charge in [-0.15, -0.1) is 11.7 Å². The third kappa shape index (κ3) is 4.34. The quantitative estimate of drug-likeness (QED) is 0.105. The Kier molecular flexibility index (Phi) is 6.54. The highest BCUT2D eigenvalue weighted by Crippen LogP contribution is 2.14. The molecule has 0 aromatic rings. The highest BCUT2D eigenvalue weighted by atomic mass is 33.1. The summed E-state index contributed by atoms with van der Waals surface area (Å²) in [4.78, 5) is 0. The van der Waals surface area contributed by atoms with E-state index in [1.54, 1.807) is 0 Å². The first-order valence-electron chi connectivity index (χ1n) is 2.74. The van der Waals surface area contributed by atoms with Gasteiger partial charge in [0.05, 0.1) is 6.17 Å². The van der Waals surface area contributed by atoms with Gasteiger partial charge in [0.2, 0.25) is 0 Å². The molecule has 0 amide bonds. The van der Waals surface area contributed by atoms with Crippen molar-refractivity contribution < 1.29 is 0 Å². The van der Waals surface area contributed by atoms with E-state index in [1.165, 1.54) is 10.8 Å². The Labute approximate surface area is 69.4 Å². The number of nitrogens with two attached hydrogens (primary N) is 2. The highest BCUT2D eigenvalue weighted by Gasteiger charge is 2.09. The molecule has 0 saturated carbocycles. The lowest BCUT2D eigenvalue weighted by atomic mass is 10.4. The Morgan fingerprint density at radius 3 is 2.60 bits per heavy atom. The van der Waals surface area contributed by atoms with Crippen LogP contribution in [0.3, 0.4) is 0 Å². The van der Waals surface area contributed by atoms with Gasteiger partial charge in [-0.2, -0.15) is 11.1 Å². The van der Waals surface area contributed by atoms with Crippen molar-refractivity contribution in [3.05, 3.63) is 0 Å². The zero-order chi connectivity index (χ0) is 7.98. The van der Waals surface area contributed by atoms with Crippen molar-refractivity contribution in [3.8, 4) is 0 Å². The second-order valence-corrected chi connectivity index (χ2v) is 3.34. The maximum Gasteiger partial charge on any atom is 0.0818 e. The average molecular weight is 183 g/mol. The summed E-state index contributed by atoms with van der Waals surface area (Å²) in [6.07, 6.45) is -0.182. The van der Waals surface area contributed by atoms with Crippen LogP contribution in [0.15, 0.2) is 0 Å². The molecule has 7 N–H and O–H groups in total. The van der Waals surface area contributed by atoms with Crippen LogP contribution in [0.25, 0.3) is 0 Å². The van der Waals surface area contributed by atoms with Gasteiger partial charge in [-0.25, -0.2) is 5.43 Å². The van der Waals surface area contributed by atoms with Crippen molar-refractivity contribution in [1.82, 2.24) is 16.5 Å². The van der Waals surface area contributed by atoms with Gasteiger partial charge in [-0.05, 0) is 6.92 Å². The molecule has 5 nitrogen and oxygen atoms in total. The SMILES string of the molecule is CC(SS)C(N)NNNN. The van der Waals surface area contributed by atoms with Gasteiger partial charge < -0.3 is 5.73 Å². The number of hydrazine groups is 3. The smallest absolute Gasteiger partial charge is 0.0818 e. The van der Waals surface area contributed by atoms with Crippen LogP contribution >= 0.6 is 22.5 Å². The molecule has 0 bridgehead atoms. The molecule has 0 aromatic heterocycles. The molecule has 0 aromatic carbocycles. The third-order valence-electron chi connectivity index (χ3n) is 0.983. The summed E-state index contributed by atoms with van der Waals surface area (Å²) in [7, 11) is 1.38. The first kappa shape index (κ1) is 10.5. The summed E-state index contributed by atoms with van der Waals surface area (Å²) >= 11 is 3.99. The number of hydrogen-bond acceptors (Lipinski definition) is 7. The molecule has 0 aliphatic rings. The topological polar surface area (TPSA) is 88.1 Å². The molecule has 2 atom stereocenters. The van der Waals surface area contributed by atoms with E-state index in [1.807, 2.05) is 6.92 Å². The van der Waals surface area contributed by atoms with Crippen molar-refractivity contribution in [2.24, 2.45) is 11.6 Å². The van der Waals surface area contributed by atoms with Gasteiger partial charge >= 0.3 is 0 Å². The minimum atomic E-state index is -0.182. The molecule has 0 rings (SSSR count). The molecule has 2 unspecified atom stereocenters. The fourth-order valence-corrected chi connectivity index (χ4v) is 0.900. The molecular formula is C3H13N5S2. The van der Waals surface area contributed by atoms with E-state index >= 15 is 0 Å². The van der Waals surface area contributed by atoms with Crippen LogP contribution in [0.1, 0.15) is 6.92 Å². The average Bonchev–Trinajstić information content (AvgIpc) is 1.98. The zero-order valence-electron chi connectivity index (χ0n) is 5.66. The fraction of sp³-hybridized carbons (Fsp3) is 1.00. The number of hydrogen-bond donors (Lipinski definition) is 6. The van der Waals surface area contributed by atoms with Crippen LogP contribution in [-0.4, -0.2) is 11.4 Å². The molecule has 0 spiro atoms. The van der Waals surface area contributed by atoms with Crippen LogP contribution in [0.5, 0.6) is 0 Å². The van der Waals surface area contributed by atoms with Crippen LogP contribution in [0, 0.1) is 0 Å². The first-order valence-corrected chi connectivity index (χ1v) is 4.67. The second kappa shape index (κ2) is 6.23. The largest absolute Gasteiger partial charge is 0.314 e. The van der Waals surface area contributed by atoms with Crippen LogP contribution in [0.4, 0.5) is 0 Å². The molecule has 0 saturated heterocycles. The van der Waals surface area contributed by atoms with Crippen molar-refractivity contribution in [2.75, 3.05) is 0 Å². The molecular weight excluding hydrogens is 170 g/mol. The van der Waals surface area contributed by atoms with Gasteiger partial charge in [0.15, 0.2) is 0 Å². The van der Waals surface area contributed by atoms with Gasteiger partial charge in [0.25, 0.3) is 0 Å². The predicted octanol–water partition coefficient (Wildman–Crippen LogP) is -1.29. The highest BCUT2D eigenvalue weighted by molar-refractivity contribution is 8.68. The summed E-state index contributed by atoms with van der Waals surface area (Å²) in [5, 5.41) is 0.212.